The number of methoxy groups -OCH3 is 1. The molecule has 2 amide bonds. The summed E-state index contributed by atoms with van der Waals surface area (Å²) in [5, 5.41) is 0. The minimum absolute atomic E-state index is 0.0322. The molecule has 0 aliphatic carbocycles. The Morgan fingerprint density at radius 3 is 2.56 bits per heavy atom. The largest absolute Gasteiger partial charge is 0.494 e. The van der Waals surface area contributed by atoms with Crippen molar-refractivity contribution < 1.29 is 27.5 Å². The normalized spacial score (nSPS) is 18.0. The lowest BCUT2D eigenvalue weighted by atomic mass is 10.1. The Hall–Kier alpha value is -2.58. The fourth-order valence-electron chi connectivity index (χ4n) is 2.66. The third-order valence-corrected chi connectivity index (χ3v) is 3.94. The molecular formula is C16H18F3N3O3. The van der Waals surface area contributed by atoms with Gasteiger partial charge in [-0.2, -0.15) is 13.2 Å². The first-order valence-electron chi connectivity index (χ1n) is 7.53. The topological polar surface area (TPSA) is 62.7 Å². The molecule has 1 fully saturated rings. The lowest BCUT2D eigenvalue weighted by Gasteiger charge is -2.39. The van der Waals surface area contributed by atoms with E-state index in [1.54, 1.807) is 11.8 Å². The monoisotopic (exact) mass is 357 g/mol. The number of aromatic nitrogens is 1. The van der Waals surface area contributed by atoms with Crippen molar-refractivity contribution in [2.45, 2.75) is 19.1 Å². The zero-order valence-corrected chi connectivity index (χ0v) is 13.8. The molecule has 0 spiro atoms. The van der Waals surface area contributed by atoms with Crippen molar-refractivity contribution in [3.05, 3.63) is 36.2 Å². The van der Waals surface area contributed by atoms with Gasteiger partial charge in [0.05, 0.1) is 7.11 Å². The molecule has 0 N–H and O–H groups in total. The molecule has 0 saturated carbocycles. The minimum atomic E-state index is -4.66. The van der Waals surface area contributed by atoms with Gasteiger partial charge in [-0.25, -0.2) is 4.98 Å². The summed E-state index contributed by atoms with van der Waals surface area (Å²) in [5.74, 6) is -0.954. The molecule has 0 unspecified atom stereocenters. The number of carbonyl (C=O) groups excluding carboxylic acids is 2. The number of alkyl halides is 3. The molecule has 2 rings (SSSR count). The quantitative estimate of drug-likeness (QED) is 0.776. The van der Waals surface area contributed by atoms with Gasteiger partial charge in [-0.3, -0.25) is 9.59 Å². The summed E-state index contributed by atoms with van der Waals surface area (Å²) in [4.78, 5) is 30.7. The van der Waals surface area contributed by atoms with Crippen molar-refractivity contribution in [1.29, 1.82) is 0 Å². The average Bonchev–Trinajstić information content (AvgIpc) is 2.58. The molecule has 1 saturated heterocycles. The lowest BCUT2D eigenvalue weighted by Crippen LogP contribution is -2.55. The summed E-state index contributed by atoms with van der Waals surface area (Å²) in [6.07, 6.45) is -3.48. The molecule has 6 nitrogen and oxygen atoms in total. The number of pyridine rings is 1. The van der Waals surface area contributed by atoms with Crippen molar-refractivity contribution in [3.63, 3.8) is 0 Å². The van der Waals surface area contributed by atoms with Crippen LogP contribution in [-0.4, -0.2) is 59.4 Å². The van der Waals surface area contributed by atoms with E-state index in [0.29, 0.717) is 0 Å². The van der Waals surface area contributed by atoms with E-state index >= 15 is 0 Å². The van der Waals surface area contributed by atoms with Crippen LogP contribution in [0.15, 0.2) is 24.8 Å². The van der Waals surface area contributed by atoms with E-state index in [4.69, 9.17) is 4.74 Å². The van der Waals surface area contributed by atoms with Gasteiger partial charge in [-0.15, -0.1) is 0 Å². The average molecular weight is 357 g/mol. The molecule has 0 radical (unpaired) electrons. The van der Waals surface area contributed by atoms with E-state index in [9.17, 15) is 22.8 Å². The number of ether oxygens (including phenoxy) is 1. The van der Waals surface area contributed by atoms with Crippen molar-refractivity contribution in [1.82, 2.24) is 14.8 Å². The zero-order valence-electron chi connectivity index (χ0n) is 13.8. The zero-order chi connectivity index (χ0) is 18.8. The molecule has 0 aromatic carbocycles. The van der Waals surface area contributed by atoms with Crippen LogP contribution in [0.25, 0.3) is 0 Å². The molecule has 136 valence electrons. The van der Waals surface area contributed by atoms with E-state index < -0.39 is 23.5 Å². The fourth-order valence-corrected chi connectivity index (χ4v) is 2.66. The van der Waals surface area contributed by atoms with E-state index in [2.05, 4.69) is 11.6 Å². The summed E-state index contributed by atoms with van der Waals surface area (Å²) in [7, 11) is 1.25. The van der Waals surface area contributed by atoms with Gasteiger partial charge < -0.3 is 14.5 Å². The SMILES string of the molecule is C=CC(=O)N1CCN(C(=O)c2nc(C(F)(F)F)ccc2OC)C[C@H]1C. The van der Waals surface area contributed by atoms with Crippen molar-refractivity contribution >= 4 is 11.8 Å². The second kappa shape index (κ2) is 7.12. The number of piperazine rings is 1. The van der Waals surface area contributed by atoms with Gasteiger partial charge in [-0.1, -0.05) is 6.58 Å². The summed E-state index contributed by atoms with van der Waals surface area (Å²) in [6.45, 7) is 5.80. The van der Waals surface area contributed by atoms with E-state index in [0.717, 1.165) is 12.1 Å². The molecule has 25 heavy (non-hydrogen) atoms. The Kier molecular flexibility index (Phi) is 5.34. The van der Waals surface area contributed by atoms with Crippen LogP contribution in [0.1, 0.15) is 23.1 Å². The Morgan fingerprint density at radius 1 is 1.36 bits per heavy atom. The van der Waals surface area contributed by atoms with Crippen LogP contribution in [0.4, 0.5) is 13.2 Å². The highest BCUT2D eigenvalue weighted by molar-refractivity contribution is 5.95. The van der Waals surface area contributed by atoms with Crippen LogP contribution >= 0.6 is 0 Å². The van der Waals surface area contributed by atoms with Gasteiger partial charge in [-0.05, 0) is 25.1 Å². The second-order valence-corrected chi connectivity index (χ2v) is 5.58. The number of hydrogen-bond donors (Lipinski definition) is 0. The van der Waals surface area contributed by atoms with Crippen LogP contribution in [0, 0.1) is 0 Å². The molecule has 9 heteroatoms. The minimum Gasteiger partial charge on any atom is -0.494 e. The Labute approximate surface area is 142 Å². The van der Waals surface area contributed by atoms with Crippen LogP contribution in [-0.2, 0) is 11.0 Å². The van der Waals surface area contributed by atoms with Crippen LogP contribution in [0.2, 0.25) is 0 Å². The Balaban J connectivity index is 2.26. The van der Waals surface area contributed by atoms with Gasteiger partial charge in [0.1, 0.15) is 11.4 Å². The summed E-state index contributed by atoms with van der Waals surface area (Å²) < 4.78 is 43.6. The molecule has 1 aliphatic heterocycles. The van der Waals surface area contributed by atoms with Crippen LogP contribution in [0.5, 0.6) is 5.75 Å². The third-order valence-electron chi connectivity index (χ3n) is 3.94. The summed E-state index contributed by atoms with van der Waals surface area (Å²) in [6, 6.07) is 1.54. The molecular weight excluding hydrogens is 339 g/mol. The van der Waals surface area contributed by atoms with E-state index in [-0.39, 0.29) is 37.3 Å². The number of carbonyl (C=O) groups is 2. The van der Waals surface area contributed by atoms with E-state index in [1.165, 1.54) is 18.1 Å². The molecule has 1 atom stereocenters. The smallest absolute Gasteiger partial charge is 0.433 e. The van der Waals surface area contributed by atoms with Crippen molar-refractivity contribution in [2.24, 2.45) is 0 Å². The first-order chi connectivity index (χ1) is 11.7. The number of nitrogens with zero attached hydrogens (tertiary/aromatic N) is 3. The highest BCUT2D eigenvalue weighted by atomic mass is 19.4. The maximum absolute atomic E-state index is 12.9. The van der Waals surface area contributed by atoms with Gasteiger partial charge >= 0.3 is 6.18 Å². The fraction of sp³-hybridized carbons (Fsp3) is 0.438. The van der Waals surface area contributed by atoms with Gasteiger partial charge in [0, 0.05) is 25.7 Å². The Morgan fingerprint density at radius 2 is 2.04 bits per heavy atom. The number of hydrogen-bond acceptors (Lipinski definition) is 4. The first kappa shape index (κ1) is 18.8. The number of amides is 2. The predicted molar refractivity (Wildman–Crippen MR) is 83.1 cm³/mol. The van der Waals surface area contributed by atoms with Gasteiger partial charge in [0.2, 0.25) is 5.91 Å². The van der Waals surface area contributed by atoms with Crippen molar-refractivity contribution in [2.75, 3.05) is 26.7 Å². The molecule has 1 aromatic heterocycles. The summed E-state index contributed by atoms with van der Waals surface area (Å²) in [5.41, 5.74) is -1.56. The number of rotatable bonds is 3. The van der Waals surface area contributed by atoms with E-state index in [1.807, 2.05) is 0 Å². The maximum atomic E-state index is 12.9. The molecule has 1 aromatic rings. The third kappa shape index (κ3) is 3.92. The summed E-state index contributed by atoms with van der Waals surface area (Å²) >= 11 is 0. The first-order valence-corrected chi connectivity index (χ1v) is 7.53. The van der Waals surface area contributed by atoms with Crippen LogP contribution < -0.4 is 4.74 Å². The Bertz CT molecular complexity index is 691. The molecule has 2 heterocycles. The van der Waals surface area contributed by atoms with Gasteiger partial charge in [0.25, 0.3) is 5.91 Å². The maximum Gasteiger partial charge on any atom is 0.433 e. The molecule has 1 aliphatic rings. The molecule has 0 bridgehead atoms. The number of halogens is 3. The lowest BCUT2D eigenvalue weighted by molar-refractivity contribution is -0.141. The standard InChI is InChI=1S/C16H18F3N3O3/c1-4-13(23)22-8-7-21(9-10(22)2)15(24)14-11(25-3)5-6-12(20-14)16(17,18)19/h4-6,10H,1,7-9H2,2-3H3/t10-/m1/s1. The second-order valence-electron chi connectivity index (χ2n) is 5.58. The highest BCUT2D eigenvalue weighted by Crippen LogP contribution is 2.30. The van der Waals surface area contributed by atoms with Crippen molar-refractivity contribution in [3.8, 4) is 5.75 Å². The van der Waals surface area contributed by atoms with Crippen LogP contribution in [0.3, 0.4) is 0 Å². The highest BCUT2D eigenvalue weighted by Gasteiger charge is 2.36. The van der Waals surface area contributed by atoms with Gasteiger partial charge in [0.15, 0.2) is 5.69 Å². The predicted octanol–water partition coefficient (Wildman–Crippen LogP) is 1.97.